The maximum Gasteiger partial charge on any atom is 0.213 e. The van der Waals surface area contributed by atoms with Gasteiger partial charge in [-0.1, -0.05) is 0 Å². The third-order valence-corrected chi connectivity index (χ3v) is 2.54. The van der Waals surface area contributed by atoms with Crippen molar-refractivity contribution < 1.29 is 4.74 Å². The van der Waals surface area contributed by atoms with Crippen LogP contribution in [0.2, 0.25) is 0 Å². The van der Waals surface area contributed by atoms with Crippen LogP contribution in [0.1, 0.15) is 0 Å². The second kappa shape index (κ2) is 3.45. The zero-order valence-corrected chi connectivity index (χ0v) is 9.15. The molecule has 4 heteroatoms. The number of aromatic nitrogens is 2. The molecule has 0 N–H and O–H groups in total. The first kappa shape index (κ1) is 8.68. The summed E-state index contributed by atoms with van der Waals surface area (Å²) in [6.45, 7) is 0. The molecule has 0 bridgehead atoms. The topological polar surface area (TPSA) is 35.0 Å². The van der Waals surface area contributed by atoms with Crippen molar-refractivity contribution in [3.8, 4) is 5.88 Å². The minimum absolute atomic E-state index is 0.624. The van der Waals surface area contributed by atoms with Crippen molar-refractivity contribution >= 4 is 33.5 Å². The number of methoxy groups -OCH3 is 1. The Labute approximate surface area is 89.3 Å². The highest BCUT2D eigenvalue weighted by atomic mass is 127. The first-order valence-electron chi connectivity index (χ1n) is 3.76. The number of pyridine rings is 2. The first-order chi connectivity index (χ1) is 6.31. The molecule has 0 aliphatic rings. The minimum Gasteiger partial charge on any atom is -0.481 e. The van der Waals surface area contributed by atoms with Gasteiger partial charge in [0.2, 0.25) is 5.88 Å². The molecule has 3 nitrogen and oxygen atoms in total. The third kappa shape index (κ3) is 1.58. The van der Waals surface area contributed by atoms with Crippen LogP contribution in [0.3, 0.4) is 0 Å². The Morgan fingerprint density at radius 1 is 1.31 bits per heavy atom. The predicted octanol–water partition coefficient (Wildman–Crippen LogP) is 2.24. The Bertz CT molecular complexity index is 445. The van der Waals surface area contributed by atoms with Crippen molar-refractivity contribution in [2.45, 2.75) is 0 Å². The average molecular weight is 286 g/mol. The summed E-state index contributed by atoms with van der Waals surface area (Å²) in [5, 5.41) is 1.08. The van der Waals surface area contributed by atoms with Crippen LogP contribution in [0.4, 0.5) is 0 Å². The smallest absolute Gasteiger partial charge is 0.213 e. The van der Waals surface area contributed by atoms with E-state index < -0.39 is 0 Å². The van der Waals surface area contributed by atoms with Crippen LogP contribution < -0.4 is 4.74 Å². The fourth-order valence-corrected chi connectivity index (χ4v) is 1.70. The van der Waals surface area contributed by atoms with E-state index in [1.165, 1.54) is 0 Å². The molecule has 0 aliphatic heterocycles. The SMILES string of the molecule is COc1ccc2ccnc(I)c2n1. The molecule has 2 rings (SSSR count). The summed E-state index contributed by atoms with van der Waals surface area (Å²) in [5.41, 5.74) is 0.891. The summed E-state index contributed by atoms with van der Waals surface area (Å²) in [4.78, 5) is 8.45. The molecule has 0 radical (unpaired) electrons. The lowest BCUT2D eigenvalue weighted by atomic mass is 10.3. The Morgan fingerprint density at radius 2 is 2.15 bits per heavy atom. The number of ether oxygens (including phenoxy) is 1. The molecule has 0 aromatic carbocycles. The Kier molecular flexibility index (Phi) is 2.30. The molecule has 0 fully saturated rings. The summed E-state index contributed by atoms with van der Waals surface area (Å²) < 4.78 is 5.93. The largest absolute Gasteiger partial charge is 0.481 e. The number of nitrogens with zero attached hydrogens (tertiary/aromatic N) is 2. The lowest BCUT2D eigenvalue weighted by Crippen LogP contribution is -1.90. The maximum atomic E-state index is 5.04. The molecule has 0 atom stereocenters. The molecule has 0 amide bonds. The van der Waals surface area contributed by atoms with Gasteiger partial charge in [0, 0.05) is 17.6 Å². The van der Waals surface area contributed by atoms with Gasteiger partial charge in [-0.25, -0.2) is 9.97 Å². The van der Waals surface area contributed by atoms with E-state index in [0.29, 0.717) is 5.88 Å². The van der Waals surface area contributed by atoms with Crippen molar-refractivity contribution in [2.24, 2.45) is 0 Å². The molecule has 13 heavy (non-hydrogen) atoms. The van der Waals surface area contributed by atoms with E-state index in [1.54, 1.807) is 13.3 Å². The summed E-state index contributed by atoms with van der Waals surface area (Å²) in [6, 6.07) is 5.76. The Balaban J connectivity index is 2.74. The van der Waals surface area contributed by atoms with E-state index in [2.05, 4.69) is 32.6 Å². The normalized spacial score (nSPS) is 10.3. The second-order valence-corrected chi connectivity index (χ2v) is 3.55. The van der Waals surface area contributed by atoms with Gasteiger partial charge in [-0.3, -0.25) is 0 Å². The first-order valence-corrected chi connectivity index (χ1v) is 4.84. The molecule has 0 spiro atoms. The van der Waals surface area contributed by atoms with Crippen LogP contribution in [0.15, 0.2) is 24.4 Å². The van der Waals surface area contributed by atoms with E-state index >= 15 is 0 Å². The van der Waals surface area contributed by atoms with Crippen LogP contribution in [0.25, 0.3) is 10.9 Å². The van der Waals surface area contributed by atoms with Gasteiger partial charge in [-0.2, -0.15) is 0 Å². The molecule has 0 saturated carbocycles. The summed E-state index contributed by atoms with van der Waals surface area (Å²) in [7, 11) is 1.61. The maximum absolute atomic E-state index is 5.04. The van der Waals surface area contributed by atoms with Crippen LogP contribution >= 0.6 is 22.6 Å². The molecule has 2 heterocycles. The highest BCUT2D eigenvalue weighted by Gasteiger charge is 2.01. The lowest BCUT2D eigenvalue weighted by molar-refractivity contribution is 0.399. The highest BCUT2D eigenvalue weighted by molar-refractivity contribution is 14.1. The molecule has 0 unspecified atom stereocenters. The van der Waals surface area contributed by atoms with Crippen molar-refractivity contribution in [2.75, 3.05) is 7.11 Å². The third-order valence-electron chi connectivity index (χ3n) is 1.75. The molecule has 66 valence electrons. The monoisotopic (exact) mass is 286 g/mol. The molecule has 0 saturated heterocycles. The van der Waals surface area contributed by atoms with Crippen LogP contribution in [0, 0.1) is 3.70 Å². The molecular formula is C9H7IN2O. The van der Waals surface area contributed by atoms with Crippen molar-refractivity contribution in [3.63, 3.8) is 0 Å². The standard InChI is InChI=1S/C9H7IN2O/c1-13-7-3-2-6-4-5-11-9(10)8(6)12-7/h2-5H,1H3. The molecule has 0 aliphatic carbocycles. The second-order valence-electron chi connectivity index (χ2n) is 2.53. The van der Waals surface area contributed by atoms with E-state index in [9.17, 15) is 0 Å². The van der Waals surface area contributed by atoms with Gasteiger partial charge >= 0.3 is 0 Å². The Morgan fingerprint density at radius 3 is 2.92 bits per heavy atom. The van der Waals surface area contributed by atoms with Gasteiger partial charge in [0.1, 0.15) is 9.22 Å². The average Bonchev–Trinajstić information content (AvgIpc) is 2.18. The van der Waals surface area contributed by atoms with Crippen LogP contribution in [-0.2, 0) is 0 Å². The molecule has 2 aromatic rings. The van der Waals surface area contributed by atoms with E-state index in [4.69, 9.17) is 4.74 Å². The van der Waals surface area contributed by atoms with Crippen LogP contribution in [-0.4, -0.2) is 17.1 Å². The van der Waals surface area contributed by atoms with E-state index in [-0.39, 0.29) is 0 Å². The van der Waals surface area contributed by atoms with Crippen molar-refractivity contribution in [1.29, 1.82) is 0 Å². The van der Waals surface area contributed by atoms with Gasteiger partial charge in [0.25, 0.3) is 0 Å². The van der Waals surface area contributed by atoms with Gasteiger partial charge in [0.05, 0.1) is 7.11 Å². The van der Waals surface area contributed by atoms with Gasteiger partial charge in [0.15, 0.2) is 0 Å². The van der Waals surface area contributed by atoms with Gasteiger partial charge in [-0.05, 0) is 34.7 Å². The quantitative estimate of drug-likeness (QED) is 0.595. The summed E-state index contributed by atoms with van der Waals surface area (Å²) in [5.74, 6) is 0.624. The minimum atomic E-state index is 0.624. The van der Waals surface area contributed by atoms with Crippen molar-refractivity contribution in [3.05, 3.63) is 28.1 Å². The van der Waals surface area contributed by atoms with Crippen molar-refractivity contribution in [1.82, 2.24) is 9.97 Å². The molecular weight excluding hydrogens is 279 g/mol. The van der Waals surface area contributed by atoms with Crippen LogP contribution in [0.5, 0.6) is 5.88 Å². The lowest BCUT2D eigenvalue weighted by Gasteiger charge is -2.01. The fourth-order valence-electron chi connectivity index (χ4n) is 1.11. The zero-order valence-electron chi connectivity index (χ0n) is 6.99. The fraction of sp³-hybridized carbons (Fsp3) is 0.111. The van der Waals surface area contributed by atoms with Gasteiger partial charge in [-0.15, -0.1) is 0 Å². The summed E-state index contributed by atoms with van der Waals surface area (Å²) >= 11 is 2.16. The Hall–Kier alpha value is -0.910. The molecule has 2 aromatic heterocycles. The number of rotatable bonds is 1. The number of fused-ring (bicyclic) bond motifs is 1. The van der Waals surface area contributed by atoms with E-state index in [1.807, 2.05) is 18.2 Å². The van der Waals surface area contributed by atoms with Gasteiger partial charge < -0.3 is 4.74 Å². The number of halogens is 1. The summed E-state index contributed by atoms with van der Waals surface area (Å²) in [6.07, 6.45) is 1.78. The van der Waals surface area contributed by atoms with E-state index in [0.717, 1.165) is 14.6 Å². The number of hydrogen-bond donors (Lipinski definition) is 0. The zero-order chi connectivity index (χ0) is 9.26. The predicted molar refractivity (Wildman–Crippen MR) is 58.8 cm³/mol. The number of hydrogen-bond acceptors (Lipinski definition) is 3. The highest BCUT2D eigenvalue weighted by Crippen LogP contribution is 2.19.